The highest BCUT2D eigenvalue weighted by molar-refractivity contribution is 7.90. The summed E-state index contributed by atoms with van der Waals surface area (Å²) in [5.41, 5.74) is 5.49. The molecule has 0 saturated heterocycles. The van der Waals surface area contributed by atoms with Crippen LogP contribution in [0, 0.1) is 0 Å². The van der Waals surface area contributed by atoms with Crippen molar-refractivity contribution in [2.75, 3.05) is 6.54 Å². The van der Waals surface area contributed by atoms with Crippen molar-refractivity contribution in [2.45, 2.75) is 31.7 Å². The second-order valence-corrected chi connectivity index (χ2v) is 5.96. The van der Waals surface area contributed by atoms with Crippen molar-refractivity contribution in [1.29, 1.82) is 0 Å². The van der Waals surface area contributed by atoms with Gasteiger partial charge < -0.3 is 16.2 Å². The molecule has 0 aromatic carbocycles. The second-order valence-electron chi connectivity index (χ2n) is 4.61. The number of carbonyl (C=O) groups excluding carboxylic acids is 1. The molecular formula is C12H17FN2O5S. The molecule has 4 N–H and O–H groups in total. The minimum atomic E-state index is -4.78. The molecule has 7 nitrogen and oxygen atoms in total. The molecule has 1 aliphatic carbocycles. The van der Waals surface area contributed by atoms with Gasteiger partial charge in [0.15, 0.2) is 0 Å². The third-order valence-electron chi connectivity index (χ3n) is 2.96. The fourth-order valence-corrected chi connectivity index (χ4v) is 2.32. The monoisotopic (exact) mass is 320 g/mol. The Hall–Kier alpha value is -1.74. The van der Waals surface area contributed by atoms with Gasteiger partial charge in [-0.05, 0) is 31.8 Å². The molecule has 0 heterocycles. The first-order chi connectivity index (χ1) is 9.71. The topological polar surface area (TPSA) is 127 Å². The predicted octanol–water partition coefficient (Wildman–Crippen LogP) is 0.198. The Labute approximate surface area is 121 Å². The van der Waals surface area contributed by atoms with E-state index in [-0.39, 0.29) is 12.0 Å². The zero-order valence-electron chi connectivity index (χ0n) is 11.2. The molecule has 21 heavy (non-hydrogen) atoms. The number of unbranched alkanes of at least 4 members (excludes halogenated alkanes) is 1. The molecule has 1 unspecified atom stereocenters. The van der Waals surface area contributed by atoms with E-state index in [4.69, 9.17) is 10.8 Å². The van der Waals surface area contributed by atoms with Crippen LogP contribution in [-0.2, 0) is 19.8 Å². The molecule has 0 radical (unpaired) electrons. The number of carboxylic acid groups (broad SMARTS) is 1. The lowest BCUT2D eigenvalue weighted by atomic mass is 10.1. The average molecular weight is 320 g/mol. The van der Waals surface area contributed by atoms with Gasteiger partial charge in [-0.3, -0.25) is 9.59 Å². The van der Waals surface area contributed by atoms with Crippen molar-refractivity contribution >= 4 is 22.1 Å². The summed E-state index contributed by atoms with van der Waals surface area (Å²) in [7, 11) is -4.78. The van der Waals surface area contributed by atoms with Gasteiger partial charge in [0.25, 0.3) is 0 Å². The van der Waals surface area contributed by atoms with Crippen LogP contribution >= 0.6 is 0 Å². The van der Waals surface area contributed by atoms with Crippen LogP contribution in [0.5, 0.6) is 0 Å². The minimum absolute atomic E-state index is 0.0637. The first-order valence-electron chi connectivity index (χ1n) is 6.34. The first kappa shape index (κ1) is 17.3. The number of nitrogens with two attached hydrogens (primary N) is 1. The zero-order chi connectivity index (χ0) is 16.0. The number of halogens is 1. The Morgan fingerprint density at radius 1 is 1.43 bits per heavy atom. The van der Waals surface area contributed by atoms with E-state index in [0.717, 1.165) is 12.2 Å². The molecule has 1 rings (SSSR count). The summed E-state index contributed by atoms with van der Waals surface area (Å²) >= 11 is 0. The van der Waals surface area contributed by atoms with Crippen LogP contribution in [0.3, 0.4) is 0 Å². The molecule has 0 aromatic heterocycles. The highest BCUT2D eigenvalue weighted by Crippen LogP contribution is 2.23. The number of nitrogens with one attached hydrogen (secondary N) is 1. The van der Waals surface area contributed by atoms with Crippen LogP contribution in [0.1, 0.15) is 25.7 Å². The van der Waals surface area contributed by atoms with Gasteiger partial charge >= 0.3 is 16.2 Å². The molecule has 1 amide bonds. The number of allylic oxidation sites excluding steroid dienone is 2. The summed E-state index contributed by atoms with van der Waals surface area (Å²) in [6, 6.07) is -0.917. The van der Waals surface area contributed by atoms with Gasteiger partial charge in [-0.15, -0.1) is 3.89 Å². The number of carbonyl (C=O) groups is 2. The van der Waals surface area contributed by atoms with Crippen LogP contribution in [-0.4, -0.2) is 38.0 Å². The molecule has 118 valence electrons. The summed E-state index contributed by atoms with van der Waals surface area (Å²) in [5, 5.41) is 11.1. The zero-order valence-corrected chi connectivity index (χ0v) is 12.0. The number of rotatable bonds is 8. The summed E-state index contributed by atoms with van der Waals surface area (Å²) in [6.45, 7) is 0.306. The van der Waals surface area contributed by atoms with Gasteiger partial charge in [0.05, 0.1) is 4.91 Å². The lowest BCUT2D eigenvalue weighted by Gasteiger charge is -2.07. The maximum Gasteiger partial charge on any atom is 0.331 e. The van der Waals surface area contributed by atoms with Gasteiger partial charge in [-0.1, -0.05) is 6.08 Å². The van der Waals surface area contributed by atoms with Crippen molar-refractivity contribution in [1.82, 2.24) is 5.32 Å². The SMILES string of the molecule is NC(CCCCNC(=O)C1=CC(S(=O)(=O)F)=CC1)C(=O)O. The van der Waals surface area contributed by atoms with Gasteiger partial charge in [0.2, 0.25) is 5.91 Å². The van der Waals surface area contributed by atoms with Gasteiger partial charge in [-0.25, -0.2) is 0 Å². The normalized spacial score (nSPS) is 16.1. The second kappa shape index (κ2) is 7.32. The number of amides is 1. The molecule has 0 bridgehead atoms. The average Bonchev–Trinajstić information content (AvgIpc) is 2.87. The number of hydrogen-bond acceptors (Lipinski definition) is 5. The van der Waals surface area contributed by atoms with Crippen molar-refractivity contribution in [3.05, 3.63) is 22.6 Å². The van der Waals surface area contributed by atoms with E-state index in [1.54, 1.807) is 0 Å². The van der Waals surface area contributed by atoms with Gasteiger partial charge in [0.1, 0.15) is 6.04 Å². The van der Waals surface area contributed by atoms with Crippen LogP contribution in [0.2, 0.25) is 0 Å². The highest BCUT2D eigenvalue weighted by Gasteiger charge is 2.22. The van der Waals surface area contributed by atoms with E-state index >= 15 is 0 Å². The summed E-state index contributed by atoms with van der Waals surface area (Å²) < 4.78 is 34.0. The van der Waals surface area contributed by atoms with E-state index in [1.165, 1.54) is 0 Å². The first-order valence-corrected chi connectivity index (χ1v) is 7.72. The summed E-state index contributed by atoms with van der Waals surface area (Å²) in [4.78, 5) is 21.6. The quantitative estimate of drug-likeness (QED) is 0.433. The summed E-state index contributed by atoms with van der Waals surface area (Å²) in [6.07, 6.45) is 3.59. The minimum Gasteiger partial charge on any atom is -0.480 e. The Balaban J connectivity index is 2.29. The van der Waals surface area contributed by atoms with Crippen molar-refractivity contribution in [2.24, 2.45) is 5.73 Å². The standard InChI is InChI=1S/C12H17FN2O5S/c13-21(19,20)9-5-4-8(7-9)11(16)15-6-2-1-3-10(14)12(17)18/h5,7,10H,1-4,6,14H2,(H,15,16)(H,17,18). The van der Waals surface area contributed by atoms with Crippen molar-refractivity contribution in [3.8, 4) is 0 Å². The molecule has 0 fully saturated rings. The third kappa shape index (κ3) is 5.64. The Kier molecular flexibility index (Phi) is 6.03. The van der Waals surface area contributed by atoms with E-state index in [2.05, 4.69) is 5.32 Å². The lowest BCUT2D eigenvalue weighted by molar-refractivity contribution is -0.138. The van der Waals surface area contributed by atoms with Crippen LogP contribution in [0.15, 0.2) is 22.6 Å². The van der Waals surface area contributed by atoms with E-state index < -0.39 is 33.0 Å². The fourth-order valence-electron chi connectivity index (χ4n) is 1.76. The van der Waals surface area contributed by atoms with Crippen molar-refractivity contribution < 1.29 is 27.0 Å². The van der Waals surface area contributed by atoms with E-state index in [1.807, 2.05) is 0 Å². The fraction of sp³-hybridized carbons (Fsp3) is 0.500. The van der Waals surface area contributed by atoms with Crippen molar-refractivity contribution in [3.63, 3.8) is 0 Å². The molecular weight excluding hydrogens is 303 g/mol. The largest absolute Gasteiger partial charge is 0.480 e. The lowest BCUT2D eigenvalue weighted by Crippen LogP contribution is -2.30. The summed E-state index contributed by atoms with van der Waals surface area (Å²) in [5.74, 6) is -1.53. The molecule has 0 aromatic rings. The maximum atomic E-state index is 12.7. The molecule has 1 aliphatic rings. The molecule has 0 spiro atoms. The molecule has 9 heteroatoms. The molecule has 0 aliphatic heterocycles. The van der Waals surface area contributed by atoms with Gasteiger partial charge in [0, 0.05) is 12.1 Å². The third-order valence-corrected chi connectivity index (χ3v) is 3.81. The number of carboxylic acids is 1. The molecule has 0 saturated carbocycles. The van der Waals surface area contributed by atoms with Crippen LogP contribution < -0.4 is 11.1 Å². The smallest absolute Gasteiger partial charge is 0.331 e. The Morgan fingerprint density at radius 2 is 2.10 bits per heavy atom. The van der Waals surface area contributed by atoms with Crippen LogP contribution in [0.25, 0.3) is 0 Å². The highest BCUT2D eigenvalue weighted by atomic mass is 32.3. The Bertz CT molecular complexity index is 582. The Morgan fingerprint density at radius 3 is 2.62 bits per heavy atom. The molecule has 1 atom stereocenters. The number of hydrogen-bond donors (Lipinski definition) is 3. The predicted molar refractivity (Wildman–Crippen MR) is 73.3 cm³/mol. The van der Waals surface area contributed by atoms with Gasteiger partial charge in [-0.2, -0.15) is 8.42 Å². The maximum absolute atomic E-state index is 12.7. The van der Waals surface area contributed by atoms with E-state index in [9.17, 15) is 21.9 Å². The number of aliphatic carboxylic acids is 1. The van der Waals surface area contributed by atoms with E-state index in [0.29, 0.717) is 25.8 Å². The van der Waals surface area contributed by atoms with Crippen LogP contribution in [0.4, 0.5) is 3.89 Å².